The van der Waals surface area contributed by atoms with Crippen LogP contribution in [0.25, 0.3) is 16.6 Å². The van der Waals surface area contributed by atoms with E-state index in [0.29, 0.717) is 16.4 Å². The molecule has 9 heteroatoms. The first-order valence-electron chi connectivity index (χ1n) is 9.42. The van der Waals surface area contributed by atoms with Gasteiger partial charge in [-0.25, -0.2) is 13.4 Å². The number of aryl methyl sites for hydroxylation is 1. The predicted molar refractivity (Wildman–Crippen MR) is 120 cm³/mol. The third-order valence-electron chi connectivity index (χ3n) is 4.88. The molecule has 0 aliphatic heterocycles. The van der Waals surface area contributed by atoms with Gasteiger partial charge in [0.15, 0.2) is 5.65 Å². The molecule has 0 amide bonds. The van der Waals surface area contributed by atoms with Gasteiger partial charge in [0, 0.05) is 16.1 Å². The molecule has 0 aliphatic rings. The second kappa shape index (κ2) is 7.33. The Balaban J connectivity index is 1.74. The average Bonchev–Trinajstić information content (AvgIpc) is 3.19. The summed E-state index contributed by atoms with van der Waals surface area (Å²) in [4.78, 5) is 4.69. The molecule has 0 bridgehead atoms. The van der Waals surface area contributed by atoms with Gasteiger partial charge in [-0.05, 0) is 61.0 Å². The van der Waals surface area contributed by atoms with Crippen molar-refractivity contribution < 1.29 is 8.42 Å². The van der Waals surface area contributed by atoms with E-state index in [9.17, 15) is 8.42 Å². The van der Waals surface area contributed by atoms with Crippen molar-refractivity contribution in [2.45, 2.75) is 16.8 Å². The molecule has 5 rings (SSSR count). The molecule has 0 radical (unpaired) electrons. The average molecular weight is 450 g/mol. The highest BCUT2D eigenvalue weighted by Crippen LogP contribution is 2.30. The van der Waals surface area contributed by atoms with E-state index in [-0.39, 0.29) is 15.6 Å². The van der Waals surface area contributed by atoms with E-state index in [1.54, 1.807) is 0 Å². The third kappa shape index (κ3) is 3.39. The Hall–Kier alpha value is -3.49. The maximum atomic E-state index is 13.3. The van der Waals surface area contributed by atoms with Crippen molar-refractivity contribution in [3.8, 4) is 0 Å². The SMILES string of the molecule is Cc1cccc(Nc2nc3c(S(=O)(=O)c4ccc(Cl)cc4)nnn3c3ccccc23)c1. The normalized spacial score (nSPS) is 11.8. The highest BCUT2D eigenvalue weighted by Gasteiger charge is 2.27. The summed E-state index contributed by atoms with van der Waals surface area (Å²) in [5.41, 5.74) is 2.76. The van der Waals surface area contributed by atoms with Crippen molar-refractivity contribution in [3.63, 3.8) is 0 Å². The molecule has 0 saturated heterocycles. The van der Waals surface area contributed by atoms with Crippen LogP contribution in [-0.2, 0) is 9.84 Å². The fraction of sp³-hybridized carbons (Fsp3) is 0.0455. The van der Waals surface area contributed by atoms with Gasteiger partial charge in [0.2, 0.25) is 14.9 Å². The topological polar surface area (TPSA) is 89.2 Å². The summed E-state index contributed by atoms with van der Waals surface area (Å²) in [7, 11) is -3.95. The number of nitrogens with one attached hydrogen (secondary N) is 1. The molecule has 0 spiro atoms. The number of fused-ring (bicyclic) bond motifs is 3. The Morgan fingerprint density at radius 1 is 0.968 bits per heavy atom. The number of benzene rings is 3. The van der Waals surface area contributed by atoms with E-state index < -0.39 is 9.84 Å². The molecule has 7 nitrogen and oxygen atoms in total. The molecule has 0 aliphatic carbocycles. The monoisotopic (exact) mass is 449 g/mol. The fourth-order valence-corrected chi connectivity index (χ4v) is 4.76. The van der Waals surface area contributed by atoms with Gasteiger partial charge < -0.3 is 5.32 Å². The second-order valence-corrected chi connectivity index (χ2v) is 9.36. The number of hydrogen-bond donors (Lipinski definition) is 1. The summed E-state index contributed by atoms with van der Waals surface area (Å²) in [6.45, 7) is 2.00. The molecule has 3 aromatic carbocycles. The first-order chi connectivity index (χ1) is 14.9. The van der Waals surface area contributed by atoms with Crippen molar-refractivity contribution in [3.05, 3.63) is 83.4 Å². The maximum Gasteiger partial charge on any atom is 0.229 e. The molecule has 0 saturated carbocycles. The Labute approximate surface area is 183 Å². The first-order valence-corrected chi connectivity index (χ1v) is 11.3. The number of anilines is 2. The van der Waals surface area contributed by atoms with Crippen molar-refractivity contribution >= 4 is 49.5 Å². The summed E-state index contributed by atoms with van der Waals surface area (Å²) < 4.78 is 27.9. The molecule has 0 fully saturated rings. The number of sulfone groups is 1. The van der Waals surface area contributed by atoms with Gasteiger partial charge >= 0.3 is 0 Å². The van der Waals surface area contributed by atoms with E-state index >= 15 is 0 Å². The van der Waals surface area contributed by atoms with E-state index in [2.05, 4.69) is 20.6 Å². The molecular weight excluding hydrogens is 434 g/mol. The van der Waals surface area contributed by atoms with Crippen LogP contribution in [0.5, 0.6) is 0 Å². The minimum absolute atomic E-state index is 0.0717. The molecule has 1 N–H and O–H groups in total. The van der Waals surface area contributed by atoms with Gasteiger partial charge in [-0.15, -0.1) is 5.10 Å². The Morgan fingerprint density at radius 2 is 1.74 bits per heavy atom. The van der Waals surface area contributed by atoms with Gasteiger partial charge in [0.1, 0.15) is 5.82 Å². The molecular formula is C22H16ClN5O2S. The quantitative estimate of drug-likeness (QED) is 0.423. The van der Waals surface area contributed by atoms with E-state index in [1.807, 2.05) is 55.5 Å². The van der Waals surface area contributed by atoms with Crippen LogP contribution < -0.4 is 5.32 Å². The van der Waals surface area contributed by atoms with Crippen molar-refractivity contribution in [2.75, 3.05) is 5.32 Å². The molecule has 0 unspecified atom stereocenters. The van der Waals surface area contributed by atoms with Gasteiger partial charge in [-0.2, -0.15) is 4.52 Å². The standard InChI is InChI=1S/C22H16ClN5O2S/c1-14-5-4-6-16(13-14)24-20-18-7-2-3-8-19(18)28-21(25-20)22(26-27-28)31(29,30)17-11-9-15(23)10-12-17/h2-13H,1H3,(H,24,25). The second-order valence-electron chi connectivity index (χ2n) is 7.06. The number of halogens is 1. The van der Waals surface area contributed by atoms with Crippen LogP contribution in [0.4, 0.5) is 11.5 Å². The summed E-state index contributed by atoms with van der Waals surface area (Å²) in [5, 5.41) is 12.4. The zero-order chi connectivity index (χ0) is 21.6. The summed E-state index contributed by atoms with van der Waals surface area (Å²) >= 11 is 5.91. The van der Waals surface area contributed by atoms with E-state index in [1.165, 1.54) is 28.8 Å². The number of aromatic nitrogens is 4. The van der Waals surface area contributed by atoms with Crippen LogP contribution in [0.2, 0.25) is 5.02 Å². The van der Waals surface area contributed by atoms with Crippen molar-refractivity contribution in [1.82, 2.24) is 19.8 Å². The Bertz CT molecular complexity index is 1550. The highest BCUT2D eigenvalue weighted by atomic mass is 35.5. The number of rotatable bonds is 4. The molecule has 31 heavy (non-hydrogen) atoms. The minimum atomic E-state index is -3.95. The fourth-order valence-electron chi connectivity index (χ4n) is 3.40. The lowest BCUT2D eigenvalue weighted by Gasteiger charge is -2.11. The van der Waals surface area contributed by atoms with Crippen LogP contribution in [0.1, 0.15) is 5.56 Å². The summed E-state index contributed by atoms with van der Waals surface area (Å²) in [6, 6.07) is 21.3. The number of para-hydroxylation sites is 1. The molecule has 0 atom stereocenters. The minimum Gasteiger partial charge on any atom is -0.340 e. The lowest BCUT2D eigenvalue weighted by molar-refractivity contribution is 0.592. The van der Waals surface area contributed by atoms with Crippen LogP contribution in [-0.4, -0.2) is 28.2 Å². The van der Waals surface area contributed by atoms with Gasteiger partial charge in [0.05, 0.1) is 10.4 Å². The number of hydrogen-bond acceptors (Lipinski definition) is 6. The Kier molecular flexibility index (Phi) is 4.60. The molecule has 5 aromatic rings. The Morgan fingerprint density at radius 3 is 2.52 bits per heavy atom. The van der Waals surface area contributed by atoms with Crippen LogP contribution in [0.3, 0.4) is 0 Å². The zero-order valence-corrected chi connectivity index (χ0v) is 17.9. The van der Waals surface area contributed by atoms with Gasteiger partial charge in [-0.1, -0.05) is 41.1 Å². The largest absolute Gasteiger partial charge is 0.340 e. The van der Waals surface area contributed by atoms with Gasteiger partial charge in [-0.3, -0.25) is 0 Å². The summed E-state index contributed by atoms with van der Waals surface area (Å²) in [5.74, 6) is 0.517. The molecule has 154 valence electrons. The third-order valence-corrected chi connectivity index (χ3v) is 6.80. The van der Waals surface area contributed by atoms with Crippen molar-refractivity contribution in [1.29, 1.82) is 0 Å². The summed E-state index contributed by atoms with van der Waals surface area (Å²) in [6.07, 6.45) is 0. The molecule has 2 heterocycles. The van der Waals surface area contributed by atoms with E-state index in [0.717, 1.165) is 16.6 Å². The number of nitrogens with zero attached hydrogens (tertiary/aromatic N) is 4. The lowest BCUT2D eigenvalue weighted by atomic mass is 10.2. The van der Waals surface area contributed by atoms with Crippen LogP contribution in [0.15, 0.2) is 82.7 Å². The van der Waals surface area contributed by atoms with Crippen LogP contribution in [0, 0.1) is 6.92 Å². The maximum absolute atomic E-state index is 13.3. The zero-order valence-electron chi connectivity index (χ0n) is 16.3. The van der Waals surface area contributed by atoms with E-state index in [4.69, 9.17) is 11.6 Å². The predicted octanol–water partition coefficient (Wildman–Crippen LogP) is 4.82. The lowest BCUT2D eigenvalue weighted by Crippen LogP contribution is -2.05. The van der Waals surface area contributed by atoms with Gasteiger partial charge in [0.25, 0.3) is 0 Å². The van der Waals surface area contributed by atoms with Crippen LogP contribution >= 0.6 is 11.6 Å². The smallest absolute Gasteiger partial charge is 0.229 e. The molecule has 2 aromatic heterocycles. The highest BCUT2D eigenvalue weighted by molar-refractivity contribution is 7.91. The first kappa shape index (κ1) is 19.5. The van der Waals surface area contributed by atoms with Crippen molar-refractivity contribution in [2.24, 2.45) is 0 Å².